The van der Waals surface area contributed by atoms with Crippen LogP contribution in [0.5, 0.6) is 11.5 Å². The molecule has 31 heavy (non-hydrogen) atoms. The zero-order valence-electron chi connectivity index (χ0n) is 17.7. The highest BCUT2D eigenvalue weighted by atomic mass is 32.1. The molecule has 3 aromatic rings. The number of nitrogens with zero attached hydrogens (tertiary/aromatic N) is 2. The van der Waals surface area contributed by atoms with Crippen LogP contribution in [-0.2, 0) is 16.0 Å². The molecule has 1 aliphatic rings. The Morgan fingerprint density at radius 3 is 2.74 bits per heavy atom. The van der Waals surface area contributed by atoms with Gasteiger partial charge in [0.15, 0.2) is 5.13 Å². The van der Waals surface area contributed by atoms with Gasteiger partial charge in [0.1, 0.15) is 11.5 Å². The van der Waals surface area contributed by atoms with E-state index < -0.39 is 0 Å². The monoisotopic (exact) mass is 438 g/mol. The first-order valence-corrected chi connectivity index (χ1v) is 11.2. The number of carbonyl (C=O) groups excluding carboxylic acids is 1. The van der Waals surface area contributed by atoms with Gasteiger partial charge in [-0.25, -0.2) is 4.98 Å². The number of hydrogen-bond acceptors (Lipinski definition) is 6. The molecule has 0 N–H and O–H groups in total. The second-order valence-electron chi connectivity index (χ2n) is 7.38. The molecule has 6 nitrogen and oxygen atoms in total. The van der Waals surface area contributed by atoms with Crippen LogP contribution in [0.4, 0.5) is 5.13 Å². The van der Waals surface area contributed by atoms with Gasteiger partial charge in [-0.1, -0.05) is 30.3 Å². The normalized spacial score (nSPS) is 15.6. The van der Waals surface area contributed by atoms with Crippen molar-refractivity contribution in [3.8, 4) is 22.8 Å². The largest absolute Gasteiger partial charge is 0.497 e. The fourth-order valence-corrected chi connectivity index (χ4v) is 4.52. The minimum absolute atomic E-state index is 0.0141. The highest BCUT2D eigenvalue weighted by Gasteiger charge is 2.26. The zero-order valence-corrected chi connectivity index (χ0v) is 18.6. The Bertz CT molecular complexity index is 1020. The van der Waals surface area contributed by atoms with E-state index in [0.717, 1.165) is 42.0 Å². The molecule has 0 unspecified atom stereocenters. The quantitative estimate of drug-likeness (QED) is 0.515. The van der Waals surface area contributed by atoms with Crippen molar-refractivity contribution in [1.29, 1.82) is 0 Å². The zero-order chi connectivity index (χ0) is 21.6. The Morgan fingerprint density at radius 2 is 2.03 bits per heavy atom. The number of ether oxygens (including phenoxy) is 3. The molecule has 1 fully saturated rings. The summed E-state index contributed by atoms with van der Waals surface area (Å²) in [6, 6.07) is 15.4. The summed E-state index contributed by atoms with van der Waals surface area (Å²) in [6.07, 6.45) is 2.34. The molecule has 1 amide bonds. The number of hydrogen-bond donors (Lipinski definition) is 0. The average molecular weight is 439 g/mol. The first-order chi connectivity index (χ1) is 15.2. The van der Waals surface area contributed by atoms with E-state index in [2.05, 4.69) is 0 Å². The van der Waals surface area contributed by atoms with Crippen LogP contribution in [-0.4, -0.2) is 44.4 Å². The van der Waals surface area contributed by atoms with Gasteiger partial charge in [-0.15, -0.1) is 11.3 Å². The Labute approximate surface area is 186 Å². The van der Waals surface area contributed by atoms with Gasteiger partial charge < -0.3 is 14.2 Å². The lowest BCUT2D eigenvalue weighted by molar-refractivity contribution is -0.118. The van der Waals surface area contributed by atoms with Crippen LogP contribution in [0, 0.1) is 0 Å². The van der Waals surface area contributed by atoms with E-state index in [9.17, 15) is 4.79 Å². The predicted molar refractivity (Wildman–Crippen MR) is 122 cm³/mol. The first kappa shape index (κ1) is 21.3. The molecule has 1 saturated heterocycles. The summed E-state index contributed by atoms with van der Waals surface area (Å²) >= 11 is 1.45. The molecule has 1 atom stereocenters. The van der Waals surface area contributed by atoms with Crippen LogP contribution < -0.4 is 14.4 Å². The number of aromatic nitrogens is 1. The molecule has 2 heterocycles. The van der Waals surface area contributed by atoms with Gasteiger partial charge in [0.25, 0.3) is 0 Å². The van der Waals surface area contributed by atoms with Crippen LogP contribution >= 0.6 is 11.3 Å². The number of thiazole rings is 1. The molecule has 4 rings (SSSR count). The van der Waals surface area contributed by atoms with Crippen LogP contribution in [0.1, 0.15) is 18.4 Å². The fourth-order valence-electron chi connectivity index (χ4n) is 3.67. The van der Waals surface area contributed by atoms with Crippen LogP contribution in [0.3, 0.4) is 0 Å². The maximum absolute atomic E-state index is 13.3. The van der Waals surface area contributed by atoms with Crippen molar-refractivity contribution < 1.29 is 19.0 Å². The van der Waals surface area contributed by atoms with Crippen molar-refractivity contribution in [2.24, 2.45) is 0 Å². The van der Waals surface area contributed by atoms with E-state index in [-0.39, 0.29) is 12.0 Å². The number of benzene rings is 2. The Kier molecular flexibility index (Phi) is 6.84. The van der Waals surface area contributed by atoms with Crippen LogP contribution in [0.25, 0.3) is 11.3 Å². The van der Waals surface area contributed by atoms with Crippen LogP contribution in [0.2, 0.25) is 0 Å². The number of methoxy groups -OCH3 is 2. The topological polar surface area (TPSA) is 60.9 Å². The van der Waals surface area contributed by atoms with Gasteiger partial charge in [-0.05, 0) is 36.6 Å². The summed E-state index contributed by atoms with van der Waals surface area (Å²) in [6.45, 7) is 1.25. The van der Waals surface area contributed by atoms with Crippen molar-refractivity contribution in [2.45, 2.75) is 25.4 Å². The summed E-state index contributed by atoms with van der Waals surface area (Å²) in [7, 11) is 3.26. The molecule has 7 heteroatoms. The molecule has 162 valence electrons. The van der Waals surface area contributed by atoms with Crippen molar-refractivity contribution in [1.82, 2.24) is 4.98 Å². The van der Waals surface area contributed by atoms with E-state index in [0.29, 0.717) is 23.8 Å². The lowest BCUT2D eigenvalue weighted by Gasteiger charge is -2.23. The van der Waals surface area contributed by atoms with E-state index in [1.807, 2.05) is 53.9 Å². The average Bonchev–Trinajstić information content (AvgIpc) is 3.50. The standard InChI is InChI=1S/C24H26N2O4S/c1-28-18-10-11-22(29-2)20(14-18)21-16-31-24(25-21)26(15-19-9-6-12-30-19)23(27)13-17-7-4-3-5-8-17/h3-5,7-8,10-11,14,16,19H,6,9,12-13,15H2,1-2H3/t19-/m0/s1. The second-order valence-corrected chi connectivity index (χ2v) is 8.22. The highest BCUT2D eigenvalue weighted by Crippen LogP contribution is 2.36. The van der Waals surface area contributed by atoms with E-state index >= 15 is 0 Å². The van der Waals surface area contributed by atoms with Gasteiger partial charge >= 0.3 is 0 Å². The first-order valence-electron chi connectivity index (χ1n) is 10.3. The lowest BCUT2D eigenvalue weighted by Crippen LogP contribution is -2.38. The van der Waals surface area contributed by atoms with E-state index in [1.165, 1.54) is 11.3 Å². The summed E-state index contributed by atoms with van der Waals surface area (Å²) < 4.78 is 16.7. The minimum Gasteiger partial charge on any atom is -0.497 e. The van der Waals surface area contributed by atoms with Gasteiger partial charge in [0.05, 0.1) is 39.0 Å². The molecule has 0 bridgehead atoms. The molecule has 2 aromatic carbocycles. The third-order valence-electron chi connectivity index (χ3n) is 5.31. The van der Waals surface area contributed by atoms with Gasteiger partial charge in [0.2, 0.25) is 5.91 Å². The Balaban J connectivity index is 1.63. The molecule has 0 radical (unpaired) electrons. The summed E-state index contributed by atoms with van der Waals surface area (Å²) in [5.74, 6) is 1.45. The highest BCUT2D eigenvalue weighted by molar-refractivity contribution is 7.14. The van der Waals surface area contributed by atoms with Crippen LogP contribution in [0.15, 0.2) is 53.9 Å². The fraction of sp³-hybridized carbons (Fsp3) is 0.333. The lowest BCUT2D eigenvalue weighted by atomic mass is 10.1. The Morgan fingerprint density at radius 1 is 1.19 bits per heavy atom. The van der Waals surface area contributed by atoms with Crippen molar-refractivity contribution in [2.75, 3.05) is 32.3 Å². The third-order valence-corrected chi connectivity index (χ3v) is 6.18. The molecule has 0 spiro atoms. The maximum atomic E-state index is 13.3. The molecular weight excluding hydrogens is 412 g/mol. The van der Waals surface area contributed by atoms with Gasteiger partial charge in [-0.3, -0.25) is 9.69 Å². The summed E-state index contributed by atoms with van der Waals surface area (Å²) in [4.78, 5) is 19.8. The van der Waals surface area contributed by atoms with Crippen molar-refractivity contribution in [3.63, 3.8) is 0 Å². The molecule has 0 aliphatic carbocycles. The predicted octanol–water partition coefficient (Wildman–Crippen LogP) is 4.58. The van der Waals surface area contributed by atoms with Gasteiger partial charge in [-0.2, -0.15) is 0 Å². The number of rotatable bonds is 8. The minimum atomic E-state index is 0.0141. The molecule has 1 aromatic heterocycles. The third kappa shape index (κ3) is 5.06. The SMILES string of the molecule is COc1ccc(OC)c(-c2csc(N(C[C@@H]3CCCO3)C(=O)Cc3ccccc3)n2)c1. The number of amides is 1. The van der Waals surface area contributed by atoms with E-state index in [1.54, 1.807) is 19.1 Å². The smallest absolute Gasteiger partial charge is 0.233 e. The molecule has 1 aliphatic heterocycles. The summed E-state index contributed by atoms with van der Waals surface area (Å²) in [5.41, 5.74) is 2.56. The van der Waals surface area contributed by atoms with E-state index in [4.69, 9.17) is 19.2 Å². The molecular formula is C24H26N2O4S. The second kappa shape index (κ2) is 9.94. The number of anilines is 1. The van der Waals surface area contributed by atoms with Crippen molar-refractivity contribution >= 4 is 22.4 Å². The Hall–Kier alpha value is -2.90. The summed E-state index contributed by atoms with van der Waals surface area (Å²) in [5, 5.41) is 2.61. The number of carbonyl (C=O) groups is 1. The van der Waals surface area contributed by atoms with Crippen molar-refractivity contribution in [3.05, 3.63) is 59.5 Å². The van der Waals surface area contributed by atoms with Gasteiger partial charge in [0, 0.05) is 17.6 Å². The molecule has 0 saturated carbocycles. The maximum Gasteiger partial charge on any atom is 0.233 e.